The molecule has 0 saturated carbocycles. The van der Waals surface area contributed by atoms with Crippen molar-refractivity contribution < 1.29 is 19.1 Å². The Morgan fingerprint density at radius 3 is 2.48 bits per heavy atom. The predicted octanol–water partition coefficient (Wildman–Crippen LogP) is 3.15. The number of rotatable bonds is 10. The van der Waals surface area contributed by atoms with Crippen LogP contribution in [0.2, 0.25) is 0 Å². The molecule has 0 radical (unpaired) electrons. The molecule has 2 aromatic carbocycles. The molecule has 2 rings (SSSR count). The molecule has 3 N–H and O–H groups in total. The molecule has 0 heterocycles. The molecule has 0 fully saturated rings. The molecule has 0 atom stereocenters. The molecule has 1 amide bonds. The highest BCUT2D eigenvalue weighted by Gasteiger charge is 2.14. The van der Waals surface area contributed by atoms with Crippen molar-refractivity contribution in [2.24, 2.45) is 0 Å². The first-order valence-corrected chi connectivity index (χ1v) is 9.52. The highest BCUT2D eigenvalue weighted by atomic mass is 16.5. The number of carbonyl (C=O) groups excluding carboxylic acids is 3. The summed E-state index contributed by atoms with van der Waals surface area (Å²) < 4.78 is 5.03. The van der Waals surface area contributed by atoms with Gasteiger partial charge in [0.15, 0.2) is 5.78 Å². The van der Waals surface area contributed by atoms with Gasteiger partial charge in [-0.05, 0) is 23.8 Å². The summed E-state index contributed by atoms with van der Waals surface area (Å²) in [7, 11) is 0. The number of nitrogens with one attached hydrogen (secondary N) is 1. The van der Waals surface area contributed by atoms with Gasteiger partial charge in [-0.1, -0.05) is 37.3 Å². The van der Waals surface area contributed by atoms with Crippen molar-refractivity contribution in [3.8, 4) is 0 Å². The van der Waals surface area contributed by atoms with E-state index < -0.39 is 5.97 Å². The highest BCUT2D eigenvalue weighted by molar-refractivity contribution is 5.93. The monoisotopic (exact) mass is 397 g/mol. The summed E-state index contributed by atoms with van der Waals surface area (Å²) in [6.45, 7) is 3.90. The normalized spacial score (nSPS) is 10.3. The fourth-order valence-electron chi connectivity index (χ4n) is 2.70. The van der Waals surface area contributed by atoms with Gasteiger partial charge in [0.1, 0.15) is 6.61 Å². The van der Waals surface area contributed by atoms with Crippen molar-refractivity contribution >= 4 is 34.7 Å². The molecule has 7 nitrogen and oxygen atoms in total. The van der Waals surface area contributed by atoms with E-state index in [1.54, 1.807) is 19.1 Å². The molecule has 2 aromatic rings. The zero-order valence-corrected chi connectivity index (χ0v) is 16.8. The number of nitrogen functional groups attached to an aromatic ring is 1. The molecule has 0 aromatic heterocycles. The highest BCUT2D eigenvalue weighted by Crippen LogP contribution is 2.27. The molecule has 0 saturated heterocycles. The van der Waals surface area contributed by atoms with Crippen LogP contribution in [-0.4, -0.2) is 30.8 Å². The maximum atomic E-state index is 12.0. The van der Waals surface area contributed by atoms with Crippen LogP contribution in [0.5, 0.6) is 0 Å². The summed E-state index contributed by atoms with van der Waals surface area (Å²) in [5, 5.41) is 2.72. The molecule has 7 heteroatoms. The van der Waals surface area contributed by atoms with Gasteiger partial charge < -0.3 is 20.7 Å². The average molecular weight is 397 g/mol. The van der Waals surface area contributed by atoms with E-state index in [1.807, 2.05) is 41.3 Å². The third-order valence-corrected chi connectivity index (χ3v) is 4.30. The number of esters is 1. The summed E-state index contributed by atoms with van der Waals surface area (Å²) in [6, 6.07) is 15.2. The molecule has 0 aliphatic rings. The minimum absolute atomic E-state index is 0.113. The number of amides is 1. The van der Waals surface area contributed by atoms with E-state index in [9.17, 15) is 14.4 Å². The minimum Gasteiger partial charge on any atom is -0.458 e. The molecule has 0 unspecified atom stereocenters. The number of anilines is 3. The molecule has 0 aliphatic carbocycles. The van der Waals surface area contributed by atoms with Crippen molar-refractivity contribution in [3.63, 3.8) is 0 Å². The van der Waals surface area contributed by atoms with E-state index in [4.69, 9.17) is 10.5 Å². The molecule has 154 valence electrons. The van der Waals surface area contributed by atoms with Gasteiger partial charge in [0.05, 0.1) is 17.8 Å². The quantitative estimate of drug-likeness (QED) is 0.472. The second-order valence-electron chi connectivity index (χ2n) is 6.66. The van der Waals surface area contributed by atoms with Crippen LogP contribution in [-0.2, 0) is 25.7 Å². The van der Waals surface area contributed by atoms with Crippen molar-refractivity contribution in [3.05, 3.63) is 54.1 Å². The summed E-state index contributed by atoms with van der Waals surface area (Å²) in [4.78, 5) is 36.8. The largest absolute Gasteiger partial charge is 0.458 e. The first-order chi connectivity index (χ1) is 13.9. The summed E-state index contributed by atoms with van der Waals surface area (Å²) >= 11 is 0. The van der Waals surface area contributed by atoms with Crippen LogP contribution in [0.1, 0.15) is 32.3 Å². The first-order valence-electron chi connectivity index (χ1n) is 9.52. The standard InChI is InChI=1S/C22H27N3O4/c1-3-19(27)15-29-22(28)11-12-25(14-17-7-5-4-6-8-17)18-9-10-20(23)21(13-18)24-16(2)26/h4-10,13H,3,11-12,14-15,23H2,1-2H3,(H,24,26). The average Bonchev–Trinajstić information content (AvgIpc) is 2.71. The fourth-order valence-corrected chi connectivity index (χ4v) is 2.70. The van der Waals surface area contributed by atoms with Crippen LogP contribution >= 0.6 is 0 Å². The van der Waals surface area contributed by atoms with Crippen molar-refractivity contribution in [2.75, 3.05) is 29.1 Å². The number of ketones is 1. The zero-order valence-electron chi connectivity index (χ0n) is 16.8. The van der Waals surface area contributed by atoms with E-state index in [-0.39, 0.29) is 24.7 Å². The van der Waals surface area contributed by atoms with Crippen LogP contribution in [0, 0.1) is 0 Å². The van der Waals surface area contributed by atoms with E-state index in [0.29, 0.717) is 30.9 Å². The van der Waals surface area contributed by atoms with Crippen molar-refractivity contribution in [2.45, 2.75) is 33.2 Å². The number of hydrogen-bond acceptors (Lipinski definition) is 6. The van der Waals surface area contributed by atoms with Gasteiger partial charge in [0.25, 0.3) is 0 Å². The van der Waals surface area contributed by atoms with Gasteiger partial charge in [-0.25, -0.2) is 0 Å². The smallest absolute Gasteiger partial charge is 0.308 e. The van der Waals surface area contributed by atoms with Crippen LogP contribution in [0.25, 0.3) is 0 Å². The number of benzene rings is 2. The molecular formula is C22H27N3O4. The van der Waals surface area contributed by atoms with Crippen molar-refractivity contribution in [1.82, 2.24) is 0 Å². The predicted molar refractivity (Wildman–Crippen MR) is 114 cm³/mol. The molecular weight excluding hydrogens is 370 g/mol. The zero-order chi connectivity index (χ0) is 21.2. The summed E-state index contributed by atoms with van der Waals surface area (Å²) in [5.41, 5.74) is 8.81. The lowest BCUT2D eigenvalue weighted by atomic mass is 10.1. The Labute approximate surface area is 170 Å². The Balaban J connectivity index is 2.16. The van der Waals surface area contributed by atoms with E-state index in [2.05, 4.69) is 5.32 Å². The third-order valence-electron chi connectivity index (χ3n) is 4.30. The van der Waals surface area contributed by atoms with Gasteiger partial charge in [-0.15, -0.1) is 0 Å². The van der Waals surface area contributed by atoms with Gasteiger partial charge >= 0.3 is 5.97 Å². The lowest BCUT2D eigenvalue weighted by Crippen LogP contribution is -2.27. The second-order valence-corrected chi connectivity index (χ2v) is 6.66. The maximum Gasteiger partial charge on any atom is 0.308 e. The Kier molecular flexibility index (Phi) is 8.21. The van der Waals surface area contributed by atoms with Gasteiger partial charge in [0.2, 0.25) is 5.91 Å². The number of nitrogens with zero attached hydrogens (tertiary/aromatic N) is 1. The van der Waals surface area contributed by atoms with E-state index >= 15 is 0 Å². The van der Waals surface area contributed by atoms with E-state index in [0.717, 1.165) is 11.3 Å². The van der Waals surface area contributed by atoms with Gasteiger partial charge in [-0.3, -0.25) is 14.4 Å². The first kappa shape index (κ1) is 21.9. The Morgan fingerprint density at radius 1 is 1.10 bits per heavy atom. The van der Waals surface area contributed by atoms with Crippen LogP contribution in [0.3, 0.4) is 0 Å². The Morgan fingerprint density at radius 2 is 1.83 bits per heavy atom. The summed E-state index contributed by atoms with van der Waals surface area (Å²) in [6.07, 6.45) is 0.467. The second kappa shape index (κ2) is 10.8. The SMILES string of the molecule is CCC(=O)COC(=O)CCN(Cc1ccccc1)c1ccc(N)c(NC(C)=O)c1. The molecule has 29 heavy (non-hydrogen) atoms. The lowest BCUT2D eigenvalue weighted by Gasteiger charge is -2.25. The Bertz CT molecular complexity index is 852. The Hall–Kier alpha value is -3.35. The molecule has 0 aliphatic heterocycles. The number of nitrogens with two attached hydrogens (primary N) is 1. The fraction of sp³-hybridized carbons (Fsp3) is 0.318. The van der Waals surface area contributed by atoms with Crippen LogP contribution < -0.4 is 16.0 Å². The maximum absolute atomic E-state index is 12.0. The number of Topliss-reactive ketones (excluding diaryl/α,β-unsaturated/α-hetero) is 1. The van der Waals surface area contributed by atoms with Gasteiger partial charge in [-0.2, -0.15) is 0 Å². The lowest BCUT2D eigenvalue weighted by molar-refractivity contribution is -0.147. The van der Waals surface area contributed by atoms with Crippen LogP contribution in [0.15, 0.2) is 48.5 Å². The topological polar surface area (TPSA) is 102 Å². The third kappa shape index (κ3) is 7.29. The number of carbonyl (C=O) groups is 3. The minimum atomic E-state index is -0.428. The van der Waals surface area contributed by atoms with Gasteiger partial charge in [0, 0.05) is 32.1 Å². The van der Waals surface area contributed by atoms with E-state index in [1.165, 1.54) is 6.92 Å². The van der Waals surface area contributed by atoms with Crippen molar-refractivity contribution in [1.29, 1.82) is 0 Å². The van der Waals surface area contributed by atoms with Crippen LogP contribution in [0.4, 0.5) is 17.1 Å². The molecule has 0 bridgehead atoms. The molecule has 0 spiro atoms. The number of hydrogen-bond donors (Lipinski definition) is 2. The summed E-state index contributed by atoms with van der Waals surface area (Å²) in [5.74, 6) is -0.756. The number of ether oxygens (including phenoxy) is 1.